The molecule has 0 amide bonds. The fraction of sp³-hybridized carbons (Fsp3) is 0.0145. The Labute approximate surface area is 414 Å². The van der Waals surface area contributed by atoms with Crippen LogP contribution in [0.3, 0.4) is 0 Å². The molecule has 2 heteroatoms. The number of hydrogen-bond acceptors (Lipinski definition) is 2. The molecule has 0 radical (unpaired) electrons. The standard InChI is InChI=1S/C69H46N2/c1-5-19-51(20-6-1)70(52-21-7-2-8-22-52)55-39-33-47(34-40-55)49-37-43-61-63(45-49)57-27-13-14-30-60(57)67-62-44-38-50(46-66(62)69(68(61)67)64-31-17-15-28-58(64)59-29-16-18-32-65(59)69)48-35-41-56(42-36-48)71(53-23-9-3-10-24-53)54-25-11-4-12-26-54/h1-46H. The predicted octanol–water partition coefficient (Wildman–Crippen LogP) is 18.6. The lowest BCUT2D eigenvalue weighted by molar-refractivity contribution is 0.802. The maximum absolute atomic E-state index is 2.51. The van der Waals surface area contributed by atoms with Crippen LogP contribution >= 0.6 is 0 Å². The van der Waals surface area contributed by atoms with Crippen LogP contribution in [0.25, 0.3) is 66.1 Å². The van der Waals surface area contributed by atoms with E-state index in [0.29, 0.717) is 0 Å². The maximum Gasteiger partial charge on any atom is 0.0731 e. The molecule has 0 unspecified atom stereocenters. The van der Waals surface area contributed by atoms with E-state index in [0.717, 1.165) is 34.1 Å². The lowest BCUT2D eigenvalue weighted by Gasteiger charge is -2.32. The average Bonchev–Trinajstić information content (AvgIpc) is 3.92. The number of benzene rings is 12. The third-order valence-corrected chi connectivity index (χ3v) is 15.0. The Kier molecular flexibility index (Phi) is 9.47. The van der Waals surface area contributed by atoms with E-state index in [2.05, 4.69) is 289 Å². The van der Waals surface area contributed by atoms with Gasteiger partial charge in [0.2, 0.25) is 0 Å². The summed E-state index contributed by atoms with van der Waals surface area (Å²) in [5.41, 5.74) is 21.6. The van der Waals surface area contributed by atoms with Crippen molar-refractivity contribution in [2.75, 3.05) is 9.80 Å². The molecule has 0 aliphatic heterocycles. The first-order valence-electron chi connectivity index (χ1n) is 24.6. The summed E-state index contributed by atoms with van der Waals surface area (Å²) in [6.07, 6.45) is 0. The molecule has 0 heterocycles. The zero-order chi connectivity index (χ0) is 46.9. The van der Waals surface area contributed by atoms with Gasteiger partial charge in [0.15, 0.2) is 0 Å². The van der Waals surface area contributed by atoms with E-state index >= 15 is 0 Å². The van der Waals surface area contributed by atoms with Crippen molar-refractivity contribution in [2.24, 2.45) is 0 Å². The molecule has 332 valence electrons. The van der Waals surface area contributed by atoms with Gasteiger partial charge >= 0.3 is 0 Å². The van der Waals surface area contributed by atoms with E-state index in [1.54, 1.807) is 0 Å². The molecule has 2 aliphatic carbocycles. The van der Waals surface area contributed by atoms with Crippen molar-refractivity contribution in [1.82, 2.24) is 0 Å². The summed E-state index contributed by atoms with van der Waals surface area (Å²) in [7, 11) is 0. The van der Waals surface area contributed by atoms with Gasteiger partial charge in [-0.3, -0.25) is 0 Å². The molecule has 71 heavy (non-hydrogen) atoms. The minimum atomic E-state index is -0.547. The second kappa shape index (κ2) is 16.5. The van der Waals surface area contributed by atoms with Crippen molar-refractivity contribution >= 4 is 55.7 Å². The molecule has 0 atom stereocenters. The quantitative estimate of drug-likeness (QED) is 0.140. The van der Waals surface area contributed by atoms with Crippen LogP contribution in [0.4, 0.5) is 34.1 Å². The van der Waals surface area contributed by atoms with Crippen molar-refractivity contribution < 1.29 is 0 Å². The number of rotatable bonds is 8. The van der Waals surface area contributed by atoms with Crippen LogP contribution < -0.4 is 9.80 Å². The molecule has 0 saturated carbocycles. The summed E-state index contributed by atoms with van der Waals surface area (Å²) in [5.74, 6) is 0. The van der Waals surface area contributed by atoms with Gasteiger partial charge in [-0.2, -0.15) is 0 Å². The van der Waals surface area contributed by atoms with Crippen molar-refractivity contribution in [3.05, 3.63) is 301 Å². The Morgan fingerprint density at radius 1 is 0.225 bits per heavy atom. The molecule has 2 aliphatic rings. The molecule has 0 bridgehead atoms. The normalized spacial score (nSPS) is 12.6. The molecule has 14 rings (SSSR count). The van der Waals surface area contributed by atoms with Gasteiger partial charge in [0.1, 0.15) is 0 Å². The fourth-order valence-electron chi connectivity index (χ4n) is 12.0. The van der Waals surface area contributed by atoms with Gasteiger partial charge in [0, 0.05) is 34.1 Å². The molecule has 12 aromatic rings. The summed E-state index contributed by atoms with van der Waals surface area (Å²) in [5, 5.41) is 5.10. The van der Waals surface area contributed by atoms with E-state index in [1.807, 2.05) is 0 Å². The van der Waals surface area contributed by atoms with E-state index < -0.39 is 5.41 Å². The number of nitrogens with zero attached hydrogens (tertiary/aromatic N) is 2. The number of para-hydroxylation sites is 4. The average molecular weight is 903 g/mol. The van der Waals surface area contributed by atoms with Gasteiger partial charge in [-0.1, -0.05) is 194 Å². The summed E-state index contributed by atoms with van der Waals surface area (Å²) < 4.78 is 0. The summed E-state index contributed by atoms with van der Waals surface area (Å²) in [6, 6.07) is 103. The highest BCUT2D eigenvalue weighted by molar-refractivity contribution is 6.20. The van der Waals surface area contributed by atoms with Gasteiger partial charge in [-0.25, -0.2) is 0 Å². The smallest absolute Gasteiger partial charge is 0.0731 e. The lowest BCUT2D eigenvalue weighted by atomic mass is 9.68. The Bertz CT molecular complexity index is 3830. The van der Waals surface area contributed by atoms with Gasteiger partial charge in [-0.05, 0) is 173 Å². The highest BCUT2D eigenvalue weighted by atomic mass is 15.1. The first-order chi connectivity index (χ1) is 35.2. The van der Waals surface area contributed by atoms with Gasteiger partial charge in [0.05, 0.1) is 5.41 Å². The Morgan fingerprint density at radius 3 is 1.10 bits per heavy atom. The van der Waals surface area contributed by atoms with Gasteiger partial charge in [0.25, 0.3) is 0 Å². The molecule has 0 aromatic heterocycles. The van der Waals surface area contributed by atoms with E-state index in [9.17, 15) is 0 Å². The zero-order valence-electron chi connectivity index (χ0n) is 39.0. The van der Waals surface area contributed by atoms with Crippen LogP contribution in [0.2, 0.25) is 0 Å². The lowest BCUT2D eigenvalue weighted by Crippen LogP contribution is -2.26. The third-order valence-electron chi connectivity index (χ3n) is 15.0. The molecule has 0 saturated heterocycles. The second-order valence-corrected chi connectivity index (χ2v) is 18.8. The Morgan fingerprint density at radius 2 is 0.606 bits per heavy atom. The summed E-state index contributed by atoms with van der Waals surface area (Å²) >= 11 is 0. The molecule has 0 N–H and O–H groups in total. The van der Waals surface area contributed by atoms with Crippen LogP contribution in [0.1, 0.15) is 22.3 Å². The minimum absolute atomic E-state index is 0.547. The Hall–Kier alpha value is -9.24. The summed E-state index contributed by atoms with van der Waals surface area (Å²) in [6.45, 7) is 0. The second-order valence-electron chi connectivity index (χ2n) is 18.8. The molecule has 12 aromatic carbocycles. The molecule has 0 fully saturated rings. The van der Waals surface area contributed by atoms with Crippen molar-refractivity contribution in [3.63, 3.8) is 0 Å². The van der Waals surface area contributed by atoms with Crippen molar-refractivity contribution in [1.29, 1.82) is 0 Å². The fourth-order valence-corrected chi connectivity index (χ4v) is 12.0. The number of fused-ring (bicyclic) bond motifs is 15. The first kappa shape index (κ1) is 40.8. The predicted molar refractivity (Wildman–Crippen MR) is 298 cm³/mol. The largest absolute Gasteiger partial charge is 0.311 e. The van der Waals surface area contributed by atoms with Gasteiger partial charge < -0.3 is 9.80 Å². The van der Waals surface area contributed by atoms with Crippen molar-refractivity contribution in [3.8, 4) is 44.5 Å². The maximum atomic E-state index is 2.51. The number of hydrogen-bond donors (Lipinski definition) is 0. The van der Waals surface area contributed by atoms with Gasteiger partial charge in [-0.15, -0.1) is 0 Å². The number of anilines is 6. The van der Waals surface area contributed by atoms with Crippen molar-refractivity contribution in [2.45, 2.75) is 5.41 Å². The monoisotopic (exact) mass is 902 g/mol. The molecule has 2 nitrogen and oxygen atoms in total. The third kappa shape index (κ3) is 6.35. The molecule has 1 spiro atoms. The molecular weight excluding hydrogens is 857 g/mol. The van der Waals surface area contributed by atoms with Crippen LogP contribution in [-0.2, 0) is 5.41 Å². The highest BCUT2D eigenvalue weighted by Crippen LogP contribution is 2.66. The van der Waals surface area contributed by atoms with E-state index in [1.165, 1.54) is 88.3 Å². The zero-order valence-corrected chi connectivity index (χ0v) is 39.0. The Balaban J connectivity index is 0.944. The van der Waals surface area contributed by atoms with Crippen LogP contribution in [-0.4, -0.2) is 0 Å². The topological polar surface area (TPSA) is 6.48 Å². The summed E-state index contributed by atoms with van der Waals surface area (Å²) in [4.78, 5) is 4.65. The highest BCUT2D eigenvalue weighted by Gasteiger charge is 2.53. The first-order valence-corrected chi connectivity index (χ1v) is 24.6. The minimum Gasteiger partial charge on any atom is -0.311 e. The molecular formula is C69H46N2. The van der Waals surface area contributed by atoms with E-state index in [4.69, 9.17) is 0 Å². The van der Waals surface area contributed by atoms with Crippen LogP contribution in [0, 0.1) is 0 Å². The van der Waals surface area contributed by atoms with Crippen LogP contribution in [0.5, 0.6) is 0 Å². The van der Waals surface area contributed by atoms with Crippen LogP contribution in [0.15, 0.2) is 279 Å². The SMILES string of the molecule is c1ccc(N(c2ccccc2)c2ccc(-c3ccc4c(c3)C3(c5ccccc5-c5ccccc53)c3c-4c4ccccc4c4cc(-c5ccc(N(c6ccccc6)c6ccccc6)cc5)ccc34)cc2)cc1. The van der Waals surface area contributed by atoms with E-state index in [-0.39, 0.29) is 0 Å².